The predicted octanol–water partition coefficient (Wildman–Crippen LogP) is 3.35. The maximum absolute atomic E-state index is 10.7. The van der Waals surface area contributed by atoms with Gasteiger partial charge in [-0.25, -0.2) is 0 Å². The lowest BCUT2D eigenvalue weighted by atomic mass is 9.95. The molecule has 2 rings (SSSR count). The van der Waals surface area contributed by atoms with Crippen molar-refractivity contribution in [3.8, 4) is 5.75 Å². The maximum atomic E-state index is 10.7. The summed E-state index contributed by atoms with van der Waals surface area (Å²) < 4.78 is 5.21. The highest BCUT2D eigenvalue weighted by molar-refractivity contribution is 5.61. The number of nitrogens with one attached hydrogen (secondary N) is 1. The van der Waals surface area contributed by atoms with Gasteiger partial charge in [0.2, 0.25) is 0 Å². The zero-order valence-electron chi connectivity index (χ0n) is 10.5. The van der Waals surface area contributed by atoms with Crippen molar-refractivity contribution in [1.82, 2.24) is 0 Å². The molecule has 0 aliphatic heterocycles. The van der Waals surface area contributed by atoms with Crippen molar-refractivity contribution in [1.29, 1.82) is 0 Å². The SMILES string of the molecule is COc1cc([N+](=O)[O-])ccc1NC1CCCCC1. The highest BCUT2D eigenvalue weighted by Crippen LogP contribution is 2.31. The number of rotatable bonds is 4. The molecule has 0 atom stereocenters. The average molecular weight is 250 g/mol. The number of hydrogen-bond acceptors (Lipinski definition) is 4. The van der Waals surface area contributed by atoms with Crippen LogP contribution in [0, 0.1) is 10.1 Å². The number of ether oxygens (including phenoxy) is 1. The standard InChI is InChI=1S/C13H18N2O3/c1-18-13-9-11(15(16)17)7-8-12(13)14-10-5-3-2-4-6-10/h7-10,14H,2-6H2,1H3. The van der Waals surface area contributed by atoms with E-state index in [1.165, 1.54) is 38.5 Å². The van der Waals surface area contributed by atoms with Gasteiger partial charge in [0.1, 0.15) is 5.75 Å². The van der Waals surface area contributed by atoms with Crippen molar-refractivity contribution < 1.29 is 9.66 Å². The quantitative estimate of drug-likeness (QED) is 0.657. The highest BCUT2D eigenvalue weighted by Gasteiger charge is 2.16. The van der Waals surface area contributed by atoms with Crippen molar-refractivity contribution in [3.05, 3.63) is 28.3 Å². The second-order valence-corrected chi connectivity index (χ2v) is 4.62. The summed E-state index contributed by atoms with van der Waals surface area (Å²) in [6.45, 7) is 0. The molecule has 1 N–H and O–H groups in total. The van der Waals surface area contributed by atoms with Crippen LogP contribution in [0.5, 0.6) is 5.75 Å². The summed E-state index contributed by atoms with van der Waals surface area (Å²) in [4.78, 5) is 10.3. The Balaban J connectivity index is 2.13. The van der Waals surface area contributed by atoms with Gasteiger partial charge in [-0.05, 0) is 18.9 Å². The maximum Gasteiger partial charge on any atom is 0.273 e. The summed E-state index contributed by atoms with van der Waals surface area (Å²) in [6, 6.07) is 5.15. The minimum Gasteiger partial charge on any atom is -0.494 e. The Bertz CT molecular complexity index is 428. The van der Waals surface area contributed by atoms with Gasteiger partial charge in [0.05, 0.1) is 23.8 Å². The Kier molecular flexibility index (Phi) is 4.02. The van der Waals surface area contributed by atoms with Crippen LogP contribution in [0.3, 0.4) is 0 Å². The Hall–Kier alpha value is -1.78. The van der Waals surface area contributed by atoms with Crippen molar-refractivity contribution in [2.24, 2.45) is 0 Å². The number of anilines is 1. The number of non-ortho nitro benzene ring substituents is 1. The van der Waals surface area contributed by atoms with Gasteiger partial charge in [0.25, 0.3) is 5.69 Å². The van der Waals surface area contributed by atoms with Gasteiger partial charge < -0.3 is 10.1 Å². The Labute approximate surface area is 106 Å². The lowest BCUT2D eigenvalue weighted by Gasteiger charge is -2.24. The van der Waals surface area contributed by atoms with Gasteiger partial charge in [-0.3, -0.25) is 10.1 Å². The number of nitro benzene ring substituents is 1. The molecule has 5 heteroatoms. The largest absolute Gasteiger partial charge is 0.494 e. The summed E-state index contributed by atoms with van der Waals surface area (Å²) in [7, 11) is 1.53. The molecule has 0 bridgehead atoms. The number of nitrogens with zero attached hydrogens (tertiary/aromatic N) is 1. The Morgan fingerprint density at radius 1 is 1.33 bits per heavy atom. The molecular formula is C13H18N2O3. The van der Waals surface area contributed by atoms with Crippen LogP contribution in [0.15, 0.2) is 18.2 Å². The minimum atomic E-state index is -0.410. The van der Waals surface area contributed by atoms with E-state index in [0.717, 1.165) is 18.5 Å². The predicted molar refractivity (Wildman–Crippen MR) is 70.1 cm³/mol. The van der Waals surface area contributed by atoms with Crippen LogP contribution in [-0.2, 0) is 0 Å². The van der Waals surface area contributed by atoms with Crippen LogP contribution in [0.4, 0.5) is 11.4 Å². The van der Waals surface area contributed by atoms with Crippen molar-refractivity contribution in [3.63, 3.8) is 0 Å². The van der Waals surface area contributed by atoms with E-state index in [2.05, 4.69) is 5.32 Å². The van der Waals surface area contributed by atoms with Crippen molar-refractivity contribution in [2.45, 2.75) is 38.1 Å². The molecule has 1 aromatic carbocycles. The van der Waals surface area contributed by atoms with E-state index in [4.69, 9.17) is 4.74 Å². The van der Waals surface area contributed by atoms with Crippen LogP contribution < -0.4 is 10.1 Å². The molecule has 1 saturated carbocycles. The summed E-state index contributed by atoms with van der Waals surface area (Å²) in [6.07, 6.45) is 6.09. The zero-order chi connectivity index (χ0) is 13.0. The first-order valence-electron chi connectivity index (χ1n) is 6.29. The fourth-order valence-electron chi connectivity index (χ4n) is 2.38. The summed E-state index contributed by atoms with van der Waals surface area (Å²) in [5.41, 5.74) is 0.899. The smallest absolute Gasteiger partial charge is 0.273 e. The number of benzene rings is 1. The number of methoxy groups -OCH3 is 1. The highest BCUT2D eigenvalue weighted by atomic mass is 16.6. The molecule has 1 aliphatic rings. The van der Waals surface area contributed by atoms with E-state index in [1.807, 2.05) is 0 Å². The van der Waals surface area contributed by atoms with Gasteiger partial charge >= 0.3 is 0 Å². The van der Waals surface area contributed by atoms with Crippen LogP contribution in [0.25, 0.3) is 0 Å². The molecule has 1 fully saturated rings. The van der Waals surface area contributed by atoms with Gasteiger partial charge in [-0.15, -0.1) is 0 Å². The molecule has 0 heterocycles. The van der Waals surface area contributed by atoms with Crippen LogP contribution in [-0.4, -0.2) is 18.1 Å². The first-order chi connectivity index (χ1) is 8.70. The molecule has 98 valence electrons. The van der Waals surface area contributed by atoms with E-state index in [-0.39, 0.29) is 5.69 Å². The average Bonchev–Trinajstić information content (AvgIpc) is 2.40. The third kappa shape index (κ3) is 2.91. The molecule has 0 saturated heterocycles. The van der Waals surface area contributed by atoms with Gasteiger partial charge in [-0.1, -0.05) is 19.3 Å². The Morgan fingerprint density at radius 2 is 2.06 bits per heavy atom. The second-order valence-electron chi connectivity index (χ2n) is 4.62. The first kappa shape index (κ1) is 12.7. The molecular weight excluding hydrogens is 232 g/mol. The van der Waals surface area contributed by atoms with Gasteiger partial charge in [0, 0.05) is 12.1 Å². The molecule has 1 aliphatic carbocycles. The third-order valence-corrected chi connectivity index (χ3v) is 3.36. The fraction of sp³-hybridized carbons (Fsp3) is 0.538. The normalized spacial score (nSPS) is 16.3. The monoisotopic (exact) mass is 250 g/mol. The lowest BCUT2D eigenvalue weighted by Crippen LogP contribution is -2.22. The van der Waals surface area contributed by atoms with E-state index < -0.39 is 4.92 Å². The minimum absolute atomic E-state index is 0.0565. The number of nitro groups is 1. The van der Waals surface area contributed by atoms with Crippen LogP contribution in [0.2, 0.25) is 0 Å². The van der Waals surface area contributed by atoms with Gasteiger partial charge in [0.15, 0.2) is 0 Å². The topological polar surface area (TPSA) is 64.4 Å². The van der Waals surface area contributed by atoms with Crippen molar-refractivity contribution in [2.75, 3.05) is 12.4 Å². The van der Waals surface area contributed by atoms with E-state index in [9.17, 15) is 10.1 Å². The summed E-state index contributed by atoms with van der Waals surface area (Å²) in [5, 5.41) is 14.1. The van der Waals surface area contributed by atoms with Crippen LogP contribution >= 0.6 is 0 Å². The molecule has 0 radical (unpaired) electrons. The number of hydrogen-bond donors (Lipinski definition) is 1. The zero-order valence-corrected chi connectivity index (χ0v) is 10.5. The third-order valence-electron chi connectivity index (χ3n) is 3.36. The van der Waals surface area contributed by atoms with E-state index in [1.54, 1.807) is 6.07 Å². The molecule has 0 amide bonds. The van der Waals surface area contributed by atoms with E-state index >= 15 is 0 Å². The van der Waals surface area contributed by atoms with Crippen molar-refractivity contribution >= 4 is 11.4 Å². The molecule has 18 heavy (non-hydrogen) atoms. The molecule has 0 aromatic heterocycles. The molecule has 0 spiro atoms. The lowest BCUT2D eigenvalue weighted by molar-refractivity contribution is -0.384. The Morgan fingerprint density at radius 3 is 2.67 bits per heavy atom. The summed E-state index contributed by atoms with van der Waals surface area (Å²) in [5.74, 6) is 0.537. The fourth-order valence-corrected chi connectivity index (χ4v) is 2.38. The molecule has 5 nitrogen and oxygen atoms in total. The molecule has 1 aromatic rings. The summed E-state index contributed by atoms with van der Waals surface area (Å²) >= 11 is 0. The van der Waals surface area contributed by atoms with Gasteiger partial charge in [-0.2, -0.15) is 0 Å². The van der Waals surface area contributed by atoms with Crippen LogP contribution in [0.1, 0.15) is 32.1 Å². The second kappa shape index (κ2) is 5.71. The molecule has 0 unspecified atom stereocenters. The first-order valence-corrected chi connectivity index (χ1v) is 6.29. The van der Waals surface area contributed by atoms with E-state index in [0.29, 0.717) is 11.8 Å².